The van der Waals surface area contributed by atoms with E-state index < -0.39 is 4.41 Å². The van der Waals surface area contributed by atoms with Crippen LogP contribution < -0.4 is 0 Å². The molecule has 54 valence electrons. The first-order valence-electron chi connectivity index (χ1n) is 2.65. The molecule has 0 aliphatic carbocycles. The molecule has 0 bridgehead atoms. The molecule has 0 aliphatic heterocycles. The highest BCUT2D eigenvalue weighted by Crippen LogP contribution is 2.25. The molecule has 0 saturated heterocycles. The Hall–Kier alpha value is -0.0900. The number of hydrogen-bond acceptors (Lipinski definition) is 2. The van der Waals surface area contributed by atoms with Gasteiger partial charge in [0.05, 0.1) is 5.03 Å². The summed E-state index contributed by atoms with van der Waals surface area (Å²) < 4.78 is 11.2. The minimum atomic E-state index is -1.07. The zero-order valence-electron chi connectivity index (χ0n) is 5.00. The predicted octanol–water partition coefficient (Wildman–Crippen LogP) is 2.82. The second-order valence-electron chi connectivity index (χ2n) is 1.55. The van der Waals surface area contributed by atoms with Crippen molar-refractivity contribution in [1.29, 1.82) is 0 Å². The van der Waals surface area contributed by atoms with Crippen LogP contribution >= 0.6 is 27.7 Å². The lowest BCUT2D eigenvalue weighted by Gasteiger charge is -1.96. The molecule has 0 saturated carbocycles. The van der Waals surface area contributed by atoms with Gasteiger partial charge in [-0.15, -0.1) is 0 Å². The van der Waals surface area contributed by atoms with Crippen LogP contribution in [0.25, 0.3) is 0 Å². The van der Waals surface area contributed by atoms with Gasteiger partial charge in [0.15, 0.2) is 0 Å². The molecule has 1 aromatic heterocycles. The maximum Gasteiger partial charge on any atom is 0.206 e. The van der Waals surface area contributed by atoms with Crippen molar-refractivity contribution < 1.29 is 4.39 Å². The van der Waals surface area contributed by atoms with Crippen LogP contribution in [0.2, 0.25) is 0 Å². The number of thioether (sulfide) groups is 1. The normalized spacial score (nSPS) is 13.0. The van der Waals surface area contributed by atoms with Crippen LogP contribution in [-0.4, -0.2) is 9.40 Å². The van der Waals surface area contributed by atoms with Crippen molar-refractivity contribution >= 4 is 27.7 Å². The summed E-state index contributed by atoms with van der Waals surface area (Å²) >= 11 is 3.80. The van der Waals surface area contributed by atoms with Gasteiger partial charge in [-0.05, 0) is 28.1 Å². The molecule has 0 spiro atoms. The van der Waals surface area contributed by atoms with E-state index >= 15 is 0 Å². The highest BCUT2D eigenvalue weighted by Gasteiger charge is 2.01. The average Bonchev–Trinajstić information content (AvgIpc) is 1.88. The Morgan fingerprint density at radius 1 is 1.60 bits per heavy atom. The van der Waals surface area contributed by atoms with E-state index in [9.17, 15) is 4.39 Å². The van der Waals surface area contributed by atoms with E-state index in [1.54, 1.807) is 18.3 Å². The standard InChI is InChI=1S/C6H5BrFNS/c7-6(8)10-5-3-1-2-4-9-5/h1-4,6H. The van der Waals surface area contributed by atoms with Gasteiger partial charge in [-0.1, -0.05) is 17.8 Å². The highest BCUT2D eigenvalue weighted by molar-refractivity contribution is 9.11. The van der Waals surface area contributed by atoms with Crippen molar-refractivity contribution in [3.8, 4) is 0 Å². The van der Waals surface area contributed by atoms with Gasteiger partial charge in [0.1, 0.15) is 0 Å². The van der Waals surface area contributed by atoms with E-state index in [0.29, 0.717) is 5.03 Å². The van der Waals surface area contributed by atoms with Gasteiger partial charge in [0.2, 0.25) is 4.41 Å². The van der Waals surface area contributed by atoms with Crippen molar-refractivity contribution in [2.24, 2.45) is 0 Å². The topological polar surface area (TPSA) is 12.9 Å². The molecule has 0 aliphatic rings. The monoisotopic (exact) mass is 221 g/mol. The molecule has 0 N–H and O–H groups in total. The molecule has 1 rings (SSSR count). The fourth-order valence-corrected chi connectivity index (χ4v) is 1.54. The van der Waals surface area contributed by atoms with Crippen LogP contribution in [0, 0.1) is 0 Å². The number of nitrogens with zero attached hydrogens (tertiary/aromatic N) is 1. The smallest absolute Gasteiger partial charge is 0.206 e. The van der Waals surface area contributed by atoms with Crippen LogP contribution in [0.3, 0.4) is 0 Å². The average molecular weight is 222 g/mol. The van der Waals surface area contributed by atoms with E-state index in [2.05, 4.69) is 20.9 Å². The lowest BCUT2D eigenvalue weighted by Crippen LogP contribution is -1.81. The lowest BCUT2D eigenvalue weighted by atomic mass is 10.5. The fourth-order valence-electron chi connectivity index (χ4n) is 0.508. The Morgan fingerprint density at radius 3 is 2.90 bits per heavy atom. The van der Waals surface area contributed by atoms with Crippen molar-refractivity contribution in [3.05, 3.63) is 24.4 Å². The summed E-state index contributed by atoms with van der Waals surface area (Å²) in [6.07, 6.45) is 1.64. The molecule has 0 radical (unpaired) electrons. The van der Waals surface area contributed by atoms with Crippen LogP contribution in [0.5, 0.6) is 0 Å². The Kier molecular flexibility index (Phi) is 3.15. The van der Waals surface area contributed by atoms with Gasteiger partial charge in [-0.25, -0.2) is 9.37 Å². The van der Waals surface area contributed by atoms with Gasteiger partial charge >= 0.3 is 0 Å². The van der Waals surface area contributed by atoms with Crippen LogP contribution in [0.4, 0.5) is 4.39 Å². The summed E-state index contributed by atoms with van der Waals surface area (Å²) in [4.78, 5) is 3.91. The Balaban J connectivity index is 2.59. The molecule has 1 heterocycles. The van der Waals surface area contributed by atoms with Crippen LogP contribution in [0.1, 0.15) is 0 Å². The zero-order valence-corrected chi connectivity index (χ0v) is 7.40. The second-order valence-corrected chi connectivity index (χ2v) is 4.02. The molecule has 4 heteroatoms. The van der Waals surface area contributed by atoms with Gasteiger partial charge in [0.25, 0.3) is 0 Å². The van der Waals surface area contributed by atoms with Crippen LogP contribution in [0.15, 0.2) is 29.4 Å². The number of alkyl halides is 2. The summed E-state index contributed by atoms with van der Waals surface area (Å²) in [6.45, 7) is 0. The molecule has 0 amide bonds. The number of halogens is 2. The lowest BCUT2D eigenvalue weighted by molar-refractivity contribution is 0.575. The molecule has 0 fully saturated rings. The third kappa shape index (κ3) is 2.66. The van der Waals surface area contributed by atoms with E-state index in [0.717, 1.165) is 11.8 Å². The van der Waals surface area contributed by atoms with E-state index in [1.807, 2.05) is 6.07 Å². The van der Waals surface area contributed by atoms with Gasteiger partial charge in [0, 0.05) is 6.20 Å². The van der Waals surface area contributed by atoms with Crippen LogP contribution in [-0.2, 0) is 0 Å². The number of hydrogen-bond donors (Lipinski definition) is 0. The number of pyridine rings is 1. The first-order valence-corrected chi connectivity index (χ1v) is 4.44. The molecule has 10 heavy (non-hydrogen) atoms. The fraction of sp³-hybridized carbons (Fsp3) is 0.167. The molecule has 0 aromatic carbocycles. The Labute approximate surface area is 71.2 Å². The van der Waals surface area contributed by atoms with Crippen molar-refractivity contribution in [2.45, 2.75) is 9.44 Å². The Morgan fingerprint density at radius 2 is 2.40 bits per heavy atom. The molecule has 1 nitrogen and oxygen atoms in total. The summed E-state index contributed by atoms with van der Waals surface area (Å²) in [5.41, 5.74) is 0. The van der Waals surface area contributed by atoms with Gasteiger partial charge < -0.3 is 0 Å². The third-order valence-corrected chi connectivity index (χ3v) is 2.07. The number of rotatable bonds is 2. The second kappa shape index (κ2) is 3.93. The molecule has 1 unspecified atom stereocenters. The number of aromatic nitrogens is 1. The maximum absolute atomic E-state index is 12.2. The SMILES string of the molecule is FC(Br)Sc1ccccn1. The predicted molar refractivity (Wildman–Crippen MR) is 43.9 cm³/mol. The first kappa shape index (κ1) is 8.01. The Bertz CT molecular complexity index is 192. The summed E-state index contributed by atoms with van der Waals surface area (Å²) in [5.74, 6) is 0. The summed E-state index contributed by atoms with van der Waals surface area (Å²) in [7, 11) is 0. The maximum atomic E-state index is 12.2. The first-order chi connectivity index (χ1) is 4.79. The van der Waals surface area contributed by atoms with E-state index in [1.165, 1.54) is 0 Å². The quantitative estimate of drug-likeness (QED) is 0.563. The van der Waals surface area contributed by atoms with Crippen molar-refractivity contribution in [2.75, 3.05) is 0 Å². The van der Waals surface area contributed by atoms with Crippen molar-refractivity contribution in [1.82, 2.24) is 4.98 Å². The molecular weight excluding hydrogens is 217 g/mol. The summed E-state index contributed by atoms with van der Waals surface area (Å²) in [5, 5.41) is 0.687. The largest absolute Gasteiger partial charge is 0.250 e. The highest BCUT2D eigenvalue weighted by atomic mass is 79.9. The van der Waals surface area contributed by atoms with Gasteiger partial charge in [-0.3, -0.25) is 0 Å². The van der Waals surface area contributed by atoms with E-state index in [-0.39, 0.29) is 0 Å². The molecule has 1 atom stereocenters. The summed E-state index contributed by atoms with van der Waals surface area (Å²) in [6, 6.07) is 5.38. The van der Waals surface area contributed by atoms with E-state index in [4.69, 9.17) is 0 Å². The zero-order chi connectivity index (χ0) is 7.40. The molecular formula is C6H5BrFNS. The van der Waals surface area contributed by atoms with Gasteiger partial charge in [-0.2, -0.15) is 0 Å². The molecule has 1 aromatic rings. The minimum absolute atomic E-state index is 0.687. The van der Waals surface area contributed by atoms with Crippen molar-refractivity contribution in [3.63, 3.8) is 0 Å². The minimum Gasteiger partial charge on any atom is -0.250 e. The third-order valence-electron chi connectivity index (χ3n) is 0.848.